The molecular weight excluding hydrogens is 398 g/mol. The maximum atomic E-state index is 12.4. The van der Waals surface area contributed by atoms with E-state index in [4.69, 9.17) is 9.47 Å². The smallest absolute Gasteiger partial charge is 0.338 e. The van der Waals surface area contributed by atoms with Crippen LogP contribution in [0.3, 0.4) is 0 Å². The largest absolute Gasteiger partial charge is 0.495 e. The first-order chi connectivity index (χ1) is 13.7. The van der Waals surface area contributed by atoms with Gasteiger partial charge >= 0.3 is 5.97 Å². The molecule has 0 fully saturated rings. The number of hydrogen-bond donors (Lipinski definition) is 1. The number of rotatable bonds is 6. The molecule has 0 aliphatic carbocycles. The molecule has 0 atom stereocenters. The van der Waals surface area contributed by atoms with Gasteiger partial charge in [0.25, 0.3) is 5.56 Å². The normalized spacial score (nSPS) is 11.4. The lowest BCUT2D eigenvalue weighted by atomic mass is 10.2. The average molecular weight is 417 g/mol. The van der Waals surface area contributed by atoms with Crippen LogP contribution in [0.2, 0.25) is 0 Å². The molecule has 1 aromatic carbocycles. The van der Waals surface area contributed by atoms with Crippen molar-refractivity contribution in [3.05, 3.63) is 69.8 Å². The van der Waals surface area contributed by atoms with Gasteiger partial charge in [-0.25, -0.2) is 22.9 Å². The Morgan fingerprint density at radius 3 is 2.66 bits per heavy atom. The second-order valence-corrected chi connectivity index (χ2v) is 8.02. The van der Waals surface area contributed by atoms with E-state index in [1.54, 1.807) is 12.3 Å². The number of nitrogens with zero attached hydrogens (tertiary/aromatic N) is 2. The number of esters is 1. The van der Waals surface area contributed by atoms with Crippen molar-refractivity contribution in [1.82, 2.24) is 14.1 Å². The number of methoxy groups -OCH3 is 1. The molecule has 0 amide bonds. The number of ether oxygens (including phenoxy) is 2. The van der Waals surface area contributed by atoms with Crippen LogP contribution in [0.1, 0.15) is 21.6 Å². The Balaban J connectivity index is 1.84. The van der Waals surface area contributed by atoms with Crippen LogP contribution in [0, 0.1) is 6.92 Å². The highest BCUT2D eigenvalue weighted by atomic mass is 32.2. The van der Waals surface area contributed by atoms with Gasteiger partial charge in [-0.2, -0.15) is 0 Å². The summed E-state index contributed by atoms with van der Waals surface area (Å²) < 4.78 is 38.1. The summed E-state index contributed by atoms with van der Waals surface area (Å²) in [5.74, 6) is -0.665. The summed E-state index contributed by atoms with van der Waals surface area (Å²) in [4.78, 5) is 28.7. The SMILES string of the molecule is CNS(=O)(=O)c1cc(C(=O)OCc2cc(=O)n3cc(C)ccc3n2)ccc1OC. The molecule has 29 heavy (non-hydrogen) atoms. The number of benzene rings is 1. The van der Waals surface area contributed by atoms with Crippen LogP contribution in [0.5, 0.6) is 5.75 Å². The summed E-state index contributed by atoms with van der Waals surface area (Å²) in [6, 6.07) is 8.72. The number of carbonyl (C=O) groups is 1. The van der Waals surface area contributed by atoms with E-state index in [0.29, 0.717) is 5.65 Å². The Kier molecular flexibility index (Phi) is 5.66. The maximum absolute atomic E-state index is 12.4. The Bertz CT molecular complexity index is 1250. The molecule has 2 heterocycles. The van der Waals surface area contributed by atoms with Gasteiger partial charge < -0.3 is 9.47 Å². The number of carbonyl (C=O) groups excluding carboxylic acids is 1. The minimum Gasteiger partial charge on any atom is -0.495 e. The fourth-order valence-corrected chi connectivity index (χ4v) is 3.60. The minimum atomic E-state index is -3.84. The van der Waals surface area contributed by atoms with Gasteiger partial charge in [0.05, 0.1) is 18.4 Å². The van der Waals surface area contributed by atoms with Crippen molar-refractivity contribution in [2.45, 2.75) is 18.4 Å². The first-order valence-corrected chi connectivity index (χ1v) is 10.0. The lowest BCUT2D eigenvalue weighted by Gasteiger charge is -2.11. The van der Waals surface area contributed by atoms with Gasteiger partial charge in [0.1, 0.15) is 22.9 Å². The lowest BCUT2D eigenvalue weighted by molar-refractivity contribution is 0.0467. The molecule has 0 aliphatic heterocycles. The van der Waals surface area contributed by atoms with Crippen LogP contribution in [0.4, 0.5) is 0 Å². The van der Waals surface area contributed by atoms with Crippen LogP contribution in [0.15, 0.2) is 52.3 Å². The standard InChI is InChI=1S/C19H19N3O6S/c1-12-4-7-17-21-14(9-18(23)22(17)10-12)11-28-19(24)13-5-6-15(27-3)16(8-13)29(25,26)20-2/h4-10,20H,11H2,1-3H3. The van der Waals surface area contributed by atoms with Crippen LogP contribution in [0.25, 0.3) is 5.65 Å². The number of fused-ring (bicyclic) bond motifs is 1. The highest BCUT2D eigenvalue weighted by Gasteiger charge is 2.21. The Morgan fingerprint density at radius 2 is 1.97 bits per heavy atom. The first kappa shape index (κ1) is 20.5. The molecular formula is C19H19N3O6S. The van der Waals surface area contributed by atoms with E-state index >= 15 is 0 Å². The molecule has 3 aromatic rings. The van der Waals surface area contributed by atoms with Crippen LogP contribution < -0.4 is 15.0 Å². The quantitative estimate of drug-likeness (QED) is 0.601. The summed E-state index contributed by atoms with van der Waals surface area (Å²) in [6.45, 7) is 1.62. The number of sulfonamides is 1. The van der Waals surface area contributed by atoms with E-state index in [-0.39, 0.29) is 34.1 Å². The molecule has 3 rings (SSSR count). The zero-order chi connectivity index (χ0) is 21.2. The van der Waals surface area contributed by atoms with Crippen LogP contribution >= 0.6 is 0 Å². The van der Waals surface area contributed by atoms with E-state index in [9.17, 15) is 18.0 Å². The summed E-state index contributed by atoms with van der Waals surface area (Å²) in [6.07, 6.45) is 1.67. The molecule has 0 saturated carbocycles. The second kappa shape index (κ2) is 8.02. The van der Waals surface area contributed by atoms with E-state index in [1.165, 1.54) is 42.8 Å². The fraction of sp³-hybridized carbons (Fsp3) is 0.211. The highest BCUT2D eigenvalue weighted by molar-refractivity contribution is 7.89. The zero-order valence-corrected chi connectivity index (χ0v) is 16.8. The second-order valence-electron chi connectivity index (χ2n) is 6.17. The van der Waals surface area contributed by atoms with Gasteiger partial charge in [0.15, 0.2) is 0 Å². The van der Waals surface area contributed by atoms with Gasteiger partial charge in [-0.1, -0.05) is 6.07 Å². The van der Waals surface area contributed by atoms with Crippen LogP contribution in [-0.4, -0.2) is 37.9 Å². The molecule has 0 aliphatic rings. The third-order valence-electron chi connectivity index (χ3n) is 4.17. The molecule has 0 saturated heterocycles. The fourth-order valence-electron chi connectivity index (χ4n) is 2.68. The van der Waals surface area contributed by atoms with E-state index in [1.807, 2.05) is 13.0 Å². The van der Waals surface area contributed by atoms with Crippen molar-refractivity contribution in [3.63, 3.8) is 0 Å². The van der Waals surface area contributed by atoms with Crippen molar-refractivity contribution < 1.29 is 22.7 Å². The third kappa shape index (κ3) is 4.28. The zero-order valence-electron chi connectivity index (χ0n) is 16.0. The lowest BCUT2D eigenvalue weighted by Crippen LogP contribution is -2.20. The molecule has 0 spiro atoms. The molecule has 0 radical (unpaired) electrons. The predicted octanol–water partition coefficient (Wildman–Crippen LogP) is 1.28. The summed E-state index contributed by atoms with van der Waals surface area (Å²) in [7, 11) is -1.25. The van der Waals surface area contributed by atoms with E-state index in [2.05, 4.69) is 9.71 Å². The summed E-state index contributed by atoms with van der Waals surface area (Å²) in [5, 5.41) is 0. The van der Waals surface area contributed by atoms with Crippen molar-refractivity contribution in [2.24, 2.45) is 0 Å². The molecule has 152 valence electrons. The van der Waals surface area contributed by atoms with Crippen molar-refractivity contribution in [2.75, 3.05) is 14.2 Å². The molecule has 0 unspecified atom stereocenters. The van der Waals surface area contributed by atoms with Gasteiger partial charge in [0.2, 0.25) is 10.0 Å². The number of nitrogens with one attached hydrogen (secondary N) is 1. The molecule has 9 nitrogen and oxygen atoms in total. The first-order valence-electron chi connectivity index (χ1n) is 8.53. The highest BCUT2D eigenvalue weighted by Crippen LogP contribution is 2.25. The number of aromatic nitrogens is 2. The Morgan fingerprint density at radius 1 is 1.21 bits per heavy atom. The van der Waals surface area contributed by atoms with E-state index < -0.39 is 16.0 Å². The van der Waals surface area contributed by atoms with Gasteiger partial charge in [0, 0.05) is 12.3 Å². The Hall–Kier alpha value is -3.24. The molecule has 2 aromatic heterocycles. The molecule has 0 bridgehead atoms. The van der Waals surface area contributed by atoms with Crippen molar-refractivity contribution in [3.8, 4) is 5.75 Å². The van der Waals surface area contributed by atoms with E-state index in [0.717, 1.165) is 5.56 Å². The van der Waals surface area contributed by atoms with Crippen LogP contribution in [-0.2, 0) is 21.4 Å². The minimum absolute atomic E-state index is 0.0211. The Labute approximate surface area is 167 Å². The summed E-state index contributed by atoms with van der Waals surface area (Å²) in [5.41, 5.74) is 1.35. The van der Waals surface area contributed by atoms with Crippen molar-refractivity contribution in [1.29, 1.82) is 0 Å². The topological polar surface area (TPSA) is 116 Å². The average Bonchev–Trinajstić information content (AvgIpc) is 2.72. The van der Waals surface area contributed by atoms with Crippen molar-refractivity contribution >= 4 is 21.6 Å². The maximum Gasteiger partial charge on any atom is 0.338 e. The number of pyridine rings is 1. The molecule has 1 N–H and O–H groups in total. The molecule has 10 heteroatoms. The van der Waals surface area contributed by atoms with Gasteiger partial charge in [-0.15, -0.1) is 0 Å². The van der Waals surface area contributed by atoms with Gasteiger partial charge in [-0.3, -0.25) is 9.20 Å². The number of hydrogen-bond acceptors (Lipinski definition) is 7. The van der Waals surface area contributed by atoms with Gasteiger partial charge in [-0.05, 0) is 43.8 Å². The number of aryl methyl sites for hydroxylation is 1. The summed E-state index contributed by atoms with van der Waals surface area (Å²) >= 11 is 0. The predicted molar refractivity (Wildman–Crippen MR) is 105 cm³/mol. The third-order valence-corrected chi connectivity index (χ3v) is 5.60. The monoisotopic (exact) mass is 417 g/mol.